The number of hydrogen-bond donors (Lipinski definition) is 1. The van der Waals surface area contributed by atoms with Gasteiger partial charge in [-0.3, -0.25) is 15.0 Å². The molecule has 0 saturated carbocycles. The van der Waals surface area contributed by atoms with Crippen LogP contribution in [0, 0.1) is 5.92 Å². The van der Waals surface area contributed by atoms with Gasteiger partial charge >= 0.3 is 0 Å². The SMILES string of the molecule is CCc1oc(NC(=O)C(C)(C)N(C)C2CCOCC2)cc1C(C)(C)C1CCOCC1. The quantitative estimate of drug-likeness (QED) is 0.709. The number of furan rings is 1. The fourth-order valence-corrected chi connectivity index (χ4v) is 4.89. The second kappa shape index (κ2) is 9.41. The molecule has 2 aliphatic heterocycles. The molecule has 2 saturated heterocycles. The molecule has 0 atom stereocenters. The number of nitrogens with zero attached hydrogens (tertiary/aromatic N) is 1. The molecule has 1 aromatic heterocycles. The summed E-state index contributed by atoms with van der Waals surface area (Å²) in [6, 6.07) is 2.40. The molecule has 1 aromatic rings. The highest BCUT2D eigenvalue weighted by Crippen LogP contribution is 2.41. The van der Waals surface area contributed by atoms with Crippen molar-refractivity contribution in [3.63, 3.8) is 0 Å². The zero-order chi connectivity index (χ0) is 21.9. The first-order chi connectivity index (χ1) is 14.2. The second-order valence-corrected chi connectivity index (χ2v) is 9.88. The van der Waals surface area contributed by atoms with Crippen LogP contribution in [0.1, 0.15) is 71.6 Å². The number of ether oxygens (including phenoxy) is 2. The summed E-state index contributed by atoms with van der Waals surface area (Å²) in [7, 11) is 2.04. The molecule has 2 fully saturated rings. The number of hydrogen-bond acceptors (Lipinski definition) is 5. The summed E-state index contributed by atoms with van der Waals surface area (Å²) in [5.74, 6) is 2.04. The van der Waals surface area contributed by atoms with Gasteiger partial charge < -0.3 is 13.9 Å². The van der Waals surface area contributed by atoms with Gasteiger partial charge in [-0.2, -0.15) is 0 Å². The molecule has 30 heavy (non-hydrogen) atoms. The number of amides is 1. The van der Waals surface area contributed by atoms with Crippen molar-refractivity contribution in [3.8, 4) is 0 Å². The lowest BCUT2D eigenvalue weighted by atomic mass is 9.70. The zero-order valence-corrected chi connectivity index (χ0v) is 19.7. The van der Waals surface area contributed by atoms with Crippen LogP contribution in [-0.4, -0.2) is 55.9 Å². The minimum atomic E-state index is -0.641. The van der Waals surface area contributed by atoms with E-state index in [9.17, 15) is 4.79 Å². The van der Waals surface area contributed by atoms with Gasteiger partial charge in [-0.15, -0.1) is 0 Å². The van der Waals surface area contributed by atoms with E-state index in [1.54, 1.807) is 0 Å². The van der Waals surface area contributed by atoms with Crippen LogP contribution < -0.4 is 5.32 Å². The van der Waals surface area contributed by atoms with E-state index in [1.807, 2.05) is 20.9 Å². The van der Waals surface area contributed by atoms with E-state index in [2.05, 4.69) is 37.1 Å². The minimum Gasteiger partial charge on any atom is -0.445 e. The smallest absolute Gasteiger partial charge is 0.246 e. The van der Waals surface area contributed by atoms with Crippen LogP contribution in [0.15, 0.2) is 10.5 Å². The Hall–Kier alpha value is -1.37. The lowest BCUT2D eigenvalue weighted by molar-refractivity contribution is -0.128. The molecule has 170 valence electrons. The van der Waals surface area contributed by atoms with Crippen LogP contribution in [0.25, 0.3) is 0 Å². The maximum Gasteiger partial charge on any atom is 0.246 e. The van der Waals surface area contributed by atoms with Gasteiger partial charge in [-0.1, -0.05) is 20.8 Å². The first-order valence-corrected chi connectivity index (χ1v) is 11.5. The molecular weight excluding hydrogens is 380 g/mol. The number of rotatable bonds is 7. The van der Waals surface area contributed by atoms with Crippen molar-refractivity contribution in [1.29, 1.82) is 0 Å². The Kier molecular flexibility index (Phi) is 7.31. The number of carbonyl (C=O) groups excluding carboxylic acids is 1. The molecule has 0 unspecified atom stereocenters. The van der Waals surface area contributed by atoms with Crippen molar-refractivity contribution in [2.75, 3.05) is 38.8 Å². The third-order valence-electron chi connectivity index (χ3n) is 7.48. The fourth-order valence-electron chi connectivity index (χ4n) is 4.89. The summed E-state index contributed by atoms with van der Waals surface area (Å²) in [5, 5.41) is 3.07. The van der Waals surface area contributed by atoms with Crippen LogP contribution in [-0.2, 0) is 26.1 Å². The second-order valence-electron chi connectivity index (χ2n) is 9.88. The van der Waals surface area contributed by atoms with E-state index >= 15 is 0 Å². The lowest BCUT2D eigenvalue weighted by Crippen LogP contribution is -2.55. The highest BCUT2D eigenvalue weighted by atomic mass is 16.5. The minimum absolute atomic E-state index is 0.0178. The van der Waals surface area contributed by atoms with Gasteiger partial charge in [0.05, 0.1) is 5.54 Å². The Morgan fingerprint density at radius 1 is 1.07 bits per heavy atom. The molecular formula is C24H40N2O4. The maximum absolute atomic E-state index is 13.2. The average molecular weight is 421 g/mol. The van der Waals surface area contributed by atoms with E-state index in [0.29, 0.717) is 17.8 Å². The van der Waals surface area contributed by atoms with Gasteiger partial charge in [-0.25, -0.2) is 0 Å². The van der Waals surface area contributed by atoms with Crippen LogP contribution in [0.2, 0.25) is 0 Å². The van der Waals surface area contributed by atoms with E-state index in [4.69, 9.17) is 13.9 Å². The fraction of sp³-hybridized carbons (Fsp3) is 0.792. The van der Waals surface area contributed by atoms with Gasteiger partial charge in [0, 0.05) is 50.5 Å². The Balaban J connectivity index is 1.75. The Morgan fingerprint density at radius 2 is 1.63 bits per heavy atom. The Bertz CT molecular complexity index is 713. The molecule has 0 bridgehead atoms. The van der Waals surface area contributed by atoms with Gasteiger partial charge in [-0.05, 0) is 57.9 Å². The molecule has 0 radical (unpaired) electrons. The molecule has 1 N–H and O–H groups in total. The number of likely N-dealkylation sites (N-methyl/N-ethyl adjacent to an activating group) is 1. The lowest BCUT2D eigenvalue weighted by Gasteiger charge is -2.41. The first kappa shape index (κ1) is 23.3. The molecule has 2 aliphatic rings. The predicted molar refractivity (Wildman–Crippen MR) is 119 cm³/mol. The topological polar surface area (TPSA) is 63.9 Å². The molecule has 6 nitrogen and oxygen atoms in total. The number of aryl methyl sites for hydroxylation is 1. The Morgan fingerprint density at radius 3 is 2.20 bits per heavy atom. The van der Waals surface area contributed by atoms with E-state index in [1.165, 1.54) is 5.56 Å². The summed E-state index contributed by atoms with van der Waals surface area (Å²) in [5.41, 5.74) is 0.552. The number of carbonyl (C=O) groups is 1. The Labute approximate surface area is 181 Å². The zero-order valence-electron chi connectivity index (χ0n) is 19.7. The van der Waals surface area contributed by atoms with Gasteiger partial charge in [0.1, 0.15) is 5.76 Å². The van der Waals surface area contributed by atoms with Crippen molar-refractivity contribution >= 4 is 11.8 Å². The predicted octanol–water partition coefficient (Wildman–Crippen LogP) is 4.37. The normalized spacial score (nSPS) is 20.0. The van der Waals surface area contributed by atoms with E-state index < -0.39 is 5.54 Å². The van der Waals surface area contributed by atoms with Gasteiger partial charge in [0.15, 0.2) is 5.88 Å². The molecule has 6 heteroatoms. The monoisotopic (exact) mass is 420 g/mol. The molecule has 1 amide bonds. The summed E-state index contributed by atoms with van der Waals surface area (Å²) in [6.07, 6.45) is 4.84. The summed E-state index contributed by atoms with van der Waals surface area (Å²) < 4.78 is 17.2. The van der Waals surface area contributed by atoms with Gasteiger partial charge in [0.2, 0.25) is 5.91 Å². The third kappa shape index (κ3) is 4.76. The van der Waals surface area contributed by atoms with E-state index in [0.717, 1.165) is 64.3 Å². The number of anilines is 1. The molecule has 0 aromatic carbocycles. The van der Waals surface area contributed by atoms with Crippen LogP contribution in [0.3, 0.4) is 0 Å². The summed E-state index contributed by atoms with van der Waals surface area (Å²) in [4.78, 5) is 15.4. The van der Waals surface area contributed by atoms with Crippen molar-refractivity contribution in [1.82, 2.24) is 4.90 Å². The van der Waals surface area contributed by atoms with Crippen LogP contribution in [0.5, 0.6) is 0 Å². The summed E-state index contributed by atoms with van der Waals surface area (Å²) >= 11 is 0. The molecule has 3 rings (SSSR count). The first-order valence-electron chi connectivity index (χ1n) is 11.5. The molecule has 3 heterocycles. The summed E-state index contributed by atoms with van der Waals surface area (Å²) in [6.45, 7) is 13.8. The largest absolute Gasteiger partial charge is 0.445 e. The maximum atomic E-state index is 13.2. The number of nitrogens with one attached hydrogen (secondary N) is 1. The molecule has 0 aliphatic carbocycles. The standard InChI is InChI=1S/C24H40N2O4/c1-7-20-19(23(2,3)17-8-12-28-13-9-17)16-21(30-20)25-22(27)24(4,5)26(6)18-10-14-29-15-11-18/h16-18H,7-15H2,1-6H3,(H,25,27). The molecule has 0 spiro atoms. The van der Waals surface area contributed by atoms with Crippen molar-refractivity contribution < 1.29 is 18.7 Å². The van der Waals surface area contributed by atoms with Crippen LogP contribution in [0.4, 0.5) is 5.88 Å². The third-order valence-corrected chi connectivity index (χ3v) is 7.48. The highest BCUT2D eigenvalue weighted by Gasteiger charge is 2.39. The highest BCUT2D eigenvalue weighted by molar-refractivity contribution is 5.96. The van der Waals surface area contributed by atoms with Crippen molar-refractivity contribution in [3.05, 3.63) is 17.4 Å². The van der Waals surface area contributed by atoms with Gasteiger partial charge in [0.25, 0.3) is 0 Å². The van der Waals surface area contributed by atoms with Crippen molar-refractivity contribution in [2.45, 2.75) is 83.7 Å². The average Bonchev–Trinajstić information content (AvgIpc) is 3.18. The van der Waals surface area contributed by atoms with Crippen molar-refractivity contribution in [2.24, 2.45) is 5.92 Å². The van der Waals surface area contributed by atoms with E-state index in [-0.39, 0.29) is 11.3 Å². The van der Waals surface area contributed by atoms with Crippen LogP contribution >= 0.6 is 0 Å².